The lowest BCUT2D eigenvalue weighted by molar-refractivity contribution is -0.135. The summed E-state index contributed by atoms with van der Waals surface area (Å²) in [4.78, 5) is 12.9. The summed E-state index contributed by atoms with van der Waals surface area (Å²) >= 11 is 0. The largest absolute Gasteiger partial charge is 0.480 e. The molecule has 21 heavy (non-hydrogen) atoms. The molecule has 0 unspecified atom stereocenters. The molecule has 1 heterocycles. The summed E-state index contributed by atoms with van der Waals surface area (Å²) in [5.74, 6) is 1.47. The van der Waals surface area contributed by atoms with Gasteiger partial charge in [0.05, 0.1) is 6.54 Å². The van der Waals surface area contributed by atoms with Crippen LogP contribution in [0.1, 0.15) is 30.4 Å². The van der Waals surface area contributed by atoms with Gasteiger partial charge in [0.2, 0.25) is 0 Å². The van der Waals surface area contributed by atoms with Gasteiger partial charge in [0.15, 0.2) is 5.82 Å². The highest BCUT2D eigenvalue weighted by molar-refractivity contribution is 5.73. The fourth-order valence-corrected chi connectivity index (χ4v) is 2.42. The van der Waals surface area contributed by atoms with E-state index in [-0.39, 0.29) is 6.54 Å². The topological polar surface area (TPSA) is 71.2 Å². The number of carbonyl (C=O) groups is 1. The molecule has 1 aromatic carbocycles. The molecule has 0 amide bonds. The Morgan fingerprint density at radius 3 is 2.67 bits per heavy atom. The first-order chi connectivity index (χ1) is 10.1. The minimum absolute atomic E-state index is 0.0599. The number of hydrogen-bond donors (Lipinski definition) is 1. The molecule has 1 N–H and O–H groups in total. The van der Waals surface area contributed by atoms with E-state index in [1.54, 1.807) is 4.90 Å². The van der Waals surface area contributed by atoms with Gasteiger partial charge in [0.1, 0.15) is 12.4 Å². The van der Waals surface area contributed by atoms with Gasteiger partial charge in [-0.1, -0.05) is 18.2 Å². The lowest BCUT2D eigenvalue weighted by atomic mass is 10.3. The number of carboxylic acids is 1. The van der Waals surface area contributed by atoms with Gasteiger partial charge in [0.25, 0.3) is 0 Å². The predicted molar refractivity (Wildman–Crippen MR) is 78.1 cm³/mol. The summed E-state index contributed by atoms with van der Waals surface area (Å²) in [7, 11) is 1.95. The second-order valence-electron chi connectivity index (χ2n) is 5.39. The summed E-state index contributed by atoms with van der Waals surface area (Å²) in [5.41, 5.74) is 0.871. The van der Waals surface area contributed by atoms with Crippen molar-refractivity contribution in [3.8, 4) is 0 Å². The van der Waals surface area contributed by atoms with E-state index in [2.05, 4.69) is 10.2 Å². The van der Waals surface area contributed by atoms with Crippen molar-refractivity contribution in [1.29, 1.82) is 0 Å². The molecule has 0 radical (unpaired) electrons. The van der Waals surface area contributed by atoms with E-state index in [0.29, 0.717) is 12.5 Å². The lowest BCUT2D eigenvalue weighted by Crippen LogP contribution is -2.30. The molecule has 1 saturated carbocycles. The van der Waals surface area contributed by atoms with E-state index in [4.69, 9.17) is 5.11 Å². The Balaban J connectivity index is 1.82. The molecule has 2 aromatic rings. The first-order valence-electron chi connectivity index (χ1n) is 7.05. The van der Waals surface area contributed by atoms with Crippen LogP contribution in [0.15, 0.2) is 30.3 Å². The summed E-state index contributed by atoms with van der Waals surface area (Å²) in [6.45, 7) is 0.377. The molecule has 1 aromatic heterocycles. The molecule has 0 spiro atoms. The Hall–Kier alpha value is -2.37. The van der Waals surface area contributed by atoms with E-state index in [1.165, 1.54) is 12.8 Å². The Morgan fingerprint density at radius 1 is 1.33 bits per heavy atom. The summed E-state index contributed by atoms with van der Waals surface area (Å²) < 4.78 is 2.00. The number of rotatable bonds is 6. The van der Waals surface area contributed by atoms with Crippen molar-refractivity contribution < 1.29 is 9.90 Å². The van der Waals surface area contributed by atoms with E-state index in [1.807, 2.05) is 41.9 Å². The molecule has 6 heteroatoms. The van der Waals surface area contributed by atoms with Crippen molar-refractivity contribution >= 4 is 11.7 Å². The third kappa shape index (κ3) is 3.04. The van der Waals surface area contributed by atoms with E-state index in [0.717, 1.165) is 17.3 Å². The monoisotopic (exact) mass is 286 g/mol. The number of carboxylic acid groups (broad SMARTS) is 1. The quantitative estimate of drug-likeness (QED) is 0.876. The predicted octanol–water partition coefficient (Wildman–Crippen LogP) is 1.78. The number of benzene rings is 1. The summed E-state index contributed by atoms with van der Waals surface area (Å²) in [6, 6.07) is 9.52. The number of anilines is 1. The maximum Gasteiger partial charge on any atom is 0.323 e. The second-order valence-corrected chi connectivity index (χ2v) is 5.39. The fourth-order valence-electron chi connectivity index (χ4n) is 2.42. The standard InChI is InChI=1S/C15H18N4O2/c1-18-13(16-17-15(18)11-7-8-11)9-19(10-14(20)21)12-5-3-2-4-6-12/h2-6,11H,7-10H2,1H3,(H,20,21). The van der Waals surface area contributed by atoms with Crippen molar-refractivity contribution in [2.24, 2.45) is 7.05 Å². The van der Waals surface area contributed by atoms with Crippen molar-refractivity contribution in [1.82, 2.24) is 14.8 Å². The number of nitrogens with zero attached hydrogens (tertiary/aromatic N) is 4. The molecule has 3 rings (SSSR count). The van der Waals surface area contributed by atoms with E-state index < -0.39 is 5.97 Å². The minimum Gasteiger partial charge on any atom is -0.480 e. The van der Waals surface area contributed by atoms with Crippen LogP contribution >= 0.6 is 0 Å². The summed E-state index contributed by atoms with van der Waals surface area (Å²) in [6.07, 6.45) is 2.34. The summed E-state index contributed by atoms with van der Waals surface area (Å²) in [5, 5.41) is 17.6. The molecule has 0 atom stereocenters. The zero-order valence-electron chi connectivity index (χ0n) is 11.9. The normalized spacial score (nSPS) is 14.1. The second kappa shape index (κ2) is 5.55. The van der Waals surface area contributed by atoms with Gasteiger partial charge in [-0.05, 0) is 25.0 Å². The Bertz CT molecular complexity index is 634. The maximum atomic E-state index is 11.1. The van der Waals surface area contributed by atoms with E-state index >= 15 is 0 Å². The molecule has 110 valence electrons. The van der Waals surface area contributed by atoms with Crippen LogP contribution in [-0.4, -0.2) is 32.4 Å². The van der Waals surface area contributed by atoms with Gasteiger partial charge in [0, 0.05) is 18.7 Å². The molecule has 0 saturated heterocycles. The SMILES string of the molecule is Cn1c(CN(CC(=O)O)c2ccccc2)nnc1C1CC1. The Kier molecular flexibility index (Phi) is 3.60. The van der Waals surface area contributed by atoms with Crippen LogP contribution in [0.5, 0.6) is 0 Å². The van der Waals surface area contributed by atoms with Crippen molar-refractivity contribution in [3.05, 3.63) is 42.0 Å². The zero-order chi connectivity index (χ0) is 14.8. The molecule has 1 aliphatic carbocycles. The van der Waals surface area contributed by atoms with Crippen LogP contribution in [0.25, 0.3) is 0 Å². The third-order valence-corrected chi connectivity index (χ3v) is 3.72. The van der Waals surface area contributed by atoms with Crippen LogP contribution in [0.2, 0.25) is 0 Å². The zero-order valence-corrected chi connectivity index (χ0v) is 11.9. The first kappa shape index (κ1) is 13.6. The molecular formula is C15H18N4O2. The van der Waals surface area contributed by atoms with Crippen molar-refractivity contribution in [3.63, 3.8) is 0 Å². The van der Waals surface area contributed by atoms with Crippen LogP contribution in [0, 0.1) is 0 Å². The van der Waals surface area contributed by atoms with Gasteiger partial charge in [-0.3, -0.25) is 4.79 Å². The molecule has 6 nitrogen and oxygen atoms in total. The van der Waals surface area contributed by atoms with Crippen LogP contribution in [0.3, 0.4) is 0 Å². The first-order valence-corrected chi connectivity index (χ1v) is 7.05. The highest BCUT2D eigenvalue weighted by atomic mass is 16.4. The number of hydrogen-bond acceptors (Lipinski definition) is 4. The van der Waals surface area contributed by atoms with Gasteiger partial charge >= 0.3 is 5.97 Å². The van der Waals surface area contributed by atoms with Crippen molar-refractivity contribution in [2.75, 3.05) is 11.4 Å². The highest BCUT2D eigenvalue weighted by Gasteiger charge is 2.29. The average Bonchev–Trinajstić information content (AvgIpc) is 3.25. The number of aromatic nitrogens is 3. The molecule has 1 fully saturated rings. The van der Waals surface area contributed by atoms with Crippen LogP contribution < -0.4 is 4.90 Å². The molecule has 0 aliphatic heterocycles. The number of para-hydroxylation sites is 1. The third-order valence-electron chi connectivity index (χ3n) is 3.72. The van der Waals surface area contributed by atoms with Gasteiger partial charge in [-0.25, -0.2) is 0 Å². The Morgan fingerprint density at radius 2 is 2.05 bits per heavy atom. The van der Waals surface area contributed by atoms with Crippen LogP contribution in [0.4, 0.5) is 5.69 Å². The molecule has 1 aliphatic rings. The highest BCUT2D eigenvalue weighted by Crippen LogP contribution is 2.38. The molecule has 0 bridgehead atoms. The Labute approximate surface area is 123 Å². The number of aliphatic carboxylic acids is 1. The van der Waals surface area contributed by atoms with Gasteiger partial charge in [-0.15, -0.1) is 10.2 Å². The van der Waals surface area contributed by atoms with Crippen LogP contribution in [-0.2, 0) is 18.4 Å². The van der Waals surface area contributed by atoms with E-state index in [9.17, 15) is 4.79 Å². The average molecular weight is 286 g/mol. The van der Waals surface area contributed by atoms with Gasteiger partial charge < -0.3 is 14.6 Å². The van der Waals surface area contributed by atoms with Gasteiger partial charge in [-0.2, -0.15) is 0 Å². The fraction of sp³-hybridized carbons (Fsp3) is 0.400. The maximum absolute atomic E-state index is 11.1. The molecular weight excluding hydrogens is 268 g/mol. The van der Waals surface area contributed by atoms with Crippen molar-refractivity contribution in [2.45, 2.75) is 25.3 Å². The smallest absolute Gasteiger partial charge is 0.323 e. The lowest BCUT2D eigenvalue weighted by Gasteiger charge is -2.22. The minimum atomic E-state index is -0.858.